The maximum atomic E-state index is 14.6. The van der Waals surface area contributed by atoms with E-state index in [4.69, 9.17) is 41.4 Å². The summed E-state index contributed by atoms with van der Waals surface area (Å²) in [5.74, 6) is 1.11. The molecule has 0 spiro atoms. The SMILES string of the molecule is COc1cccc([C@@H]2OC(c3ccc(OCCCO)cc3)=N[C@]2(Cc2ccccc2CN=[N+]=[N-])C(=O)NNCCc2ccccc2Cl)c1. The number of aliphatic imine (C=N–C) groups is 1. The van der Waals surface area contributed by atoms with Gasteiger partial charge in [-0.15, -0.1) is 0 Å². The molecule has 0 aliphatic carbocycles. The van der Waals surface area contributed by atoms with E-state index in [-0.39, 0.29) is 25.5 Å². The average Bonchev–Trinajstić information content (AvgIpc) is 3.51. The van der Waals surface area contributed by atoms with Crippen molar-refractivity contribution in [3.05, 3.63) is 140 Å². The third-order valence-electron chi connectivity index (χ3n) is 7.99. The molecule has 2 atom stereocenters. The summed E-state index contributed by atoms with van der Waals surface area (Å²) in [4.78, 5) is 22.6. The number of halogens is 1. The van der Waals surface area contributed by atoms with Crippen molar-refractivity contribution in [2.24, 2.45) is 10.1 Å². The lowest BCUT2D eigenvalue weighted by atomic mass is 9.81. The minimum atomic E-state index is -1.50. The molecule has 0 saturated carbocycles. The lowest BCUT2D eigenvalue weighted by Crippen LogP contribution is -2.54. The second-order valence-electron chi connectivity index (χ2n) is 11.1. The Kier molecular flexibility index (Phi) is 11.9. The summed E-state index contributed by atoms with van der Waals surface area (Å²) < 4.78 is 17.9. The van der Waals surface area contributed by atoms with E-state index in [9.17, 15) is 4.79 Å². The van der Waals surface area contributed by atoms with Gasteiger partial charge in [0.1, 0.15) is 11.5 Å². The van der Waals surface area contributed by atoms with Crippen molar-refractivity contribution in [2.75, 3.05) is 26.9 Å². The number of aliphatic hydroxyl groups excluding tert-OH is 1. The van der Waals surface area contributed by atoms with E-state index in [1.807, 2.05) is 84.9 Å². The van der Waals surface area contributed by atoms with Crippen LogP contribution in [0.5, 0.6) is 11.5 Å². The molecule has 1 amide bonds. The van der Waals surface area contributed by atoms with Crippen LogP contribution in [0.1, 0.15) is 40.3 Å². The van der Waals surface area contributed by atoms with Gasteiger partial charge in [0.25, 0.3) is 5.91 Å². The number of nitrogens with one attached hydrogen (secondary N) is 2. The smallest absolute Gasteiger partial charge is 0.266 e. The van der Waals surface area contributed by atoms with Crippen LogP contribution in [0, 0.1) is 0 Å². The van der Waals surface area contributed by atoms with E-state index in [2.05, 4.69) is 20.9 Å². The maximum absolute atomic E-state index is 14.6. The summed E-state index contributed by atoms with van der Waals surface area (Å²) in [7, 11) is 1.58. The first-order valence-electron chi connectivity index (χ1n) is 15.6. The highest BCUT2D eigenvalue weighted by atomic mass is 35.5. The molecule has 1 aliphatic heterocycles. The number of carbonyl (C=O) groups is 1. The Labute approximate surface area is 284 Å². The van der Waals surface area contributed by atoms with Gasteiger partial charge >= 0.3 is 0 Å². The number of aliphatic hydroxyl groups is 1. The summed E-state index contributed by atoms with van der Waals surface area (Å²) in [5, 5.41) is 13.5. The van der Waals surface area contributed by atoms with Crippen molar-refractivity contribution in [3.63, 3.8) is 0 Å². The fourth-order valence-corrected chi connectivity index (χ4v) is 5.75. The lowest BCUT2D eigenvalue weighted by molar-refractivity contribution is -0.130. The first-order valence-corrected chi connectivity index (χ1v) is 15.9. The molecule has 4 aromatic carbocycles. The predicted molar refractivity (Wildman–Crippen MR) is 184 cm³/mol. The van der Waals surface area contributed by atoms with Crippen LogP contribution in [0.15, 0.2) is 107 Å². The zero-order valence-corrected chi connectivity index (χ0v) is 27.3. The van der Waals surface area contributed by atoms with Crippen molar-refractivity contribution >= 4 is 23.4 Å². The second-order valence-corrected chi connectivity index (χ2v) is 11.5. The number of amides is 1. The molecule has 0 fully saturated rings. The van der Waals surface area contributed by atoms with Gasteiger partial charge in [-0.2, -0.15) is 0 Å². The van der Waals surface area contributed by atoms with E-state index >= 15 is 0 Å². The van der Waals surface area contributed by atoms with E-state index in [0.717, 1.165) is 16.7 Å². The molecule has 12 heteroatoms. The molecular formula is C36H37ClN6O5. The molecule has 0 unspecified atom stereocenters. The average molecular weight is 669 g/mol. The molecule has 0 saturated heterocycles. The third-order valence-corrected chi connectivity index (χ3v) is 8.36. The normalized spacial score (nSPS) is 16.7. The molecular weight excluding hydrogens is 632 g/mol. The van der Waals surface area contributed by atoms with Crippen molar-refractivity contribution in [2.45, 2.75) is 37.5 Å². The molecule has 1 aliphatic rings. The molecule has 248 valence electrons. The van der Waals surface area contributed by atoms with Crippen LogP contribution in [-0.4, -0.2) is 49.3 Å². The highest BCUT2D eigenvalue weighted by molar-refractivity contribution is 6.31. The zero-order chi connectivity index (χ0) is 33.8. The van der Waals surface area contributed by atoms with Gasteiger partial charge in [-0.1, -0.05) is 71.3 Å². The summed E-state index contributed by atoms with van der Waals surface area (Å²) in [6.07, 6.45) is 0.376. The van der Waals surface area contributed by atoms with Gasteiger partial charge in [-0.25, -0.2) is 10.4 Å². The van der Waals surface area contributed by atoms with E-state index in [1.54, 1.807) is 19.2 Å². The number of hydrogen-bond donors (Lipinski definition) is 3. The van der Waals surface area contributed by atoms with Gasteiger partial charge in [0.2, 0.25) is 5.90 Å². The Morgan fingerprint density at radius 1 is 1.02 bits per heavy atom. The Hall–Kier alpha value is -5.06. The van der Waals surface area contributed by atoms with Crippen molar-refractivity contribution in [1.82, 2.24) is 10.9 Å². The topological polar surface area (TPSA) is 150 Å². The first kappa shape index (κ1) is 34.3. The van der Waals surface area contributed by atoms with Crippen LogP contribution in [0.25, 0.3) is 10.4 Å². The number of carbonyl (C=O) groups excluding carboxylic acids is 1. The maximum Gasteiger partial charge on any atom is 0.266 e. The van der Waals surface area contributed by atoms with Crippen LogP contribution >= 0.6 is 11.6 Å². The Morgan fingerprint density at radius 2 is 1.77 bits per heavy atom. The van der Waals surface area contributed by atoms with Crippen LogP contribution in [-0.2, 0) is 28.9 Å². The van der Waals surface area contributed by atoms with Crippen molar-refractivity contribution in [3.8, 4) is 11.5 Å². The molecule has 1 heterocycles. The number of benzene rings is 4. The van der Waals surface area contributed by atoms with Gasteiger partial charge in [0.05, 0.1) is 20.3 Å². The van der Waals surface area contributed by atoms with E-state index in [1.165, 1.54) is 0 Å². The minimum Gasteiger partial charge on any atom is -0.497 e. The number of hydrogen-bond acceptors (Lipinski definition) is 8. The fourth-order valence-electron chi connectivity index (χ4n) is 5.52. The number of methoxy groups -OCH3 is 1. The molecule has 0 radical (unpaired) electrons. The molecule has 11 nitrogen and oxygen atoms in total. The summed E-state index contributed by atoms with van der Waals surface area (Å²) >= 11 is 6.35. The molecule has 5 rings (SSSR count). The lowest BCUT2D eigenvalue weighted by Gasteiger charge is -2.31. The molecule has 0 bridgehead atoms. The number of azide groups is 1. The van der Waals surface area contributed by atoms with E-state index < -0.39 is 17.6 Å². The van der Waals surface area contributed by atoms with E-state index in [0.29, 0.717) is 53.6 Å². The molecule has 3 N–H and O–H groups in total. The fraction of sp³-hybridized carbons (Fsp3) is 0.278. The largest absolute Gasteiger partial charge is 0.497 e. The summed E-state index contributed by atoms with van der Waals surface area (Å²) in [5.41, 5.74) is 17.4. The first-order chi connectivity index (χ1) is 23.5. The standard InChI is InChI=1S/C36H37ClN6O5/c1-46-31-12-6-11-27(22-31)33-36(23-28-9-2-3-10-29(28)24-40-43-38,35(45)42-39-19-18-25-8-4-5-13-32(25)37)41-34(48-33)26-14-16-30(17-15-26)47-21-7-20-44/h2-6,8-17,22,33,39,44H,7,18-21,23-24H2,1H3,(H,42,45)/t33-,36-/m0/s1. The molecule has 48 heavy (non-hydrogen) atoms. The highest BCUT2D eigenvalue weighted by Gasteiger charge is 2.53. The van der Waals surface area contributed by atoms with Crippen molar-refractivity contribution in [1.29, 1.82) is 0 Å². The number of rotatable bonds is 16. The Balaban J connectivity index is 1.54. The van der Waals surface area contributed by atoms with Crippen LogP contribution < -0.4 is 20.3 Å². The summed E-state index contributed by atoms with van der Waals surface area (Å²) in [6.45, 7) is 0.948. The van der Waals surface area contributed by atoms with Crippen LogP contribution in [0.2, 0.25) is 5.02 Å². The Morgan fingerprint density at radius 3 is 2.50 bits per heavy atom. The quantitative estimate of drug-likeness (QED) is 0.0420. The van der Waals surface area contributed by atoms with Gasteiger partial charge in [0.15, 0.2) is 11.6 Å². The molecule has 4 aromatic rings. The van der Waals surface area contributed by atoms with Gasteiger partial charge in [-0.3, -0.25) is 10.2 Å². The highest BCUT2D eigenvalue weighted by Crippen LogP contribution is 2.43. The summed E-state index contributed by atoms with van der Waals surface area (Å²) in [6, 6.07) is 29.7. The van der Waals surface area contributed by atoms with Gasteiger partial charge < -0.3 is 19.3 Å². The Bertz CT molecular complexity index is 1780. The number of nitrogens with zero attached hydrogens (tertiary/aromatic N) is 4. The van der Waals surface area contributed by atoms with Crippen LogP contribution in [0.3, 0.4) is 0 Å². The third kappa shape index (κ3) is 8.26. The number of ether oxygens (including phenoxy) is 3. The predicted octanol–water partition coefficient (Wildman–Crippen LogP) is 6.28. The second kappa shape index (κ2) is 16.7. The van der Waals surface area contributed by atoms with Gasteiger partial charge in [0, 0.05) is 41.5 Å². The van der Waals surface area contributed by atoms with Gasteiger partial charge in [-0.05, 0) is 76.7 Å². The monoisotopic (exact) mass is 668 g/mol. The number of hydrazine groups is 1. The van der Waals surface area contributed by atoms with Crippen molar-refractivity contribution < 1.29 is 24.1 Å². The van der Waals surface area contributed by atoms with Crippen LogP contribution in [0.4, 0.5) is 0 Å². The minimum absolute atomic E-state index is 0.0411. The zero-order valence-electron chi connectivity index (χ0n) is 26.5. The molecule has 0 aromatic heterocycles.